The van der Waals surface area contributed by atoms with Crippen LogP contribution in [0.15, 0.2) is 0 Å². The molecule has 2 aliphatic rings. The van der Waals surface area contributed by atoms with Crippen molar-refractivity contribution in [3.8, 4) is 0 Å². The van der Waals surface area contributed by atoms with Crippen LogP contribution in [0, 0.1) is 5.92 Å². The molecule has 2 saturated heterocycles. The number of nitrogens with zero attached hydrogens (tertiary/aromatic N) is 2. The van der Waals surface area contributed by atoms with Crippen molar-refractivity contribution < 1.29 is 24.2 Å². The van der Waals surface area contributed by atoms with Crippen LogP contribution in [0.4, 0.5) is 9.59 Å². The van der Waals surface area contributed by atoms with E-state index in [1.807, 2.05) is 0 Å². The topological polar surface area (TPSA) is 99.2 Å². The Balaban J connectivity index is 1.86. The van der Waals surface area contributed by atoms with Gasteiger partial charge in [-0.15, -0.1) is 0 Å². The quantitative estimate of drug-likeness (QED) is 0.765. The highest BCUT2D eigenvalue weighted by molar-refractivity contribution is 5.77. The largest absolute Gasteiger partial charge is 0.481 e. The maximum absolute atomic E-state index is 12.4. The summed E-state index contributed by atoms with van der Waals surface area (Å²) in [5.41, 5.74) is 0. The highest BCUT2D eigenvalue weighted by atomic mass is 16.5. The summed E-state index contributed by atoms with van der Waals surface area (Å²) in [6, 6.07) is -0.253. The van der Waals surface area contributed by atoms with Crippen LogP contribution >= 0.6 is 0 Å². The van der Waals surface area contributed by atoms with Crippen LogP contribution in [0.3, 0.4) is 0 Å². The van der Waals surface area contributed by atoms with Crippen molar-refractivity contribution in [3.05, 3.63) is 0 Å². The Morgan fingerprint density at radius 1 is 1.14 bits per heavy atom. The lowest BCUT2D eigenvalue weighted by molar-refractivity contribution is -0.143. The SMILES string of the molecule is COC(=O)NC1CCN(C(=O)N2CCC[C@@H](C(=O)O)C2)C1. The third kappa shape index (κ3) is 3.77. The van der Waals surface area contributed by atoms with Crippen molar-refractivity contribution in [1.29, 1.82) is 0 Å². The molecule has 0 aliphatic carbocycles. The van der Waals surface area contributed by atoms with Gasteiger partial charge in [0.05, 0.1) is 19.1 Å². The molecule has 2 rings (SSSR count). The number of carboxylic acid groups (broad SMARTS) is 1. The average molecular weight is 299 g/mol. The van der Waals surface area contributed by atoms with Crippen LogP contribution in [0.1, 0.15) is 19.3 Å². The monoisotopic (exact) mass is 299 g/mol. The second-order valence-electron chi connectivity index (χ2n) is 5.47. The van der Waals surface area contributed by atoms with Gasteiger partial charge in [0, 0.05) is 26.2 Å². The number of hydrogen-bond acceptors (Lipinski definition) is 4. The first-order valence-corrected chi connectivity index (χ1v) is 7.12. The zero-order valence-electron chi connectivity index (χ0n) is 12.1. The number of rotatable bonds is 2. The lowest BCUT2D eigenvalue weighted by Crippen LogP contribution is -2.49. The number of methoxy groups -OCH3 is 1. The Hall–Kier alpha value is -1.99. The molecule has 0 aromatic heterocycles. The second-order valence-corrected chi connectivity index (χ2v) is 5.47. The Labute approximate surface area is 123 Å². The standard InChI is InChI=1S/C13H21N3O5/c1-21-12(19)14-10-4-6-16(8-10)13(20)15-5-2-3-9(7-15)11(17)18/h9-10H,2-8H2,1H3,(H,14,19)(H,17,18)/t9-,10?/m1/s1. The van der Waals surface area contributed by atoms with E-state index >= 15 is 0 Å². The summed E-state index contributed by atoms with van der Waals surface area (Å²) in [5, 5.41) is 11.7. The molecule has 2 N–H and O–H groups in total. The summed E-state index contributed by atoms with van der Waals surface area (Å²) in [7, 11) is 1.30. The molecule has 0 radical (unpaired) electrons. The molecule has 2 aliphatic heterocycles. The lowest BCUT2D eigenvalue weighted by Gasteiger charge is -2.33. The van der Waals surface area contributed by atoms with Crippen LogP contribution < -0.4 is 5.32 Å². The zero-order chi connectivity index (χ0) is 15.4. The van der Waals surface area contributed by atoms with E-state index in [0.717, 1.165) is 0 Å². The van der Waals surface area contributed by atoms with Gasteiger partial charge in [-0.3, -0.25) is 4.79 Å². The Bertz CT molecular complexity index is 428. The number of ether oxygens (including phenoxy) is 1. The molecule has 1 unspecified atom stereocenters. The molecule has 8 heteroatoms. The van der Waals surface area contributed by atoms with Crippen molar-refractivity contribution in [3.63, 3.8) is 0 Å². The fourth-order valence-electron chi connectivity index (χ4n) is 2.83. The smallest absolute Gasteiger partial charge is 0.407 e. The lowest BCUT2D eigenvalue weighted by atomic mass is 9.99. The highest BCUT2D eigenvalue weighted by Crippen LogP contribution is 2.20. The third-order valence-electron chi connectivity index (χ3n) is 4.01. The summed E-state index contributed by atoms with van der Waals surface area (Å²) in [4.78, 5) is 37.8. The van der Waals surface area contributed by atoms with Gasteiger partial charge in [-0.1, -0.05) is 0 Å². The number of likely N-dealkylation sites (tertiary alicyclic amines) is 2. The van der Waals surface area contributed by atoms with Crippen molar-refractivity contribution in [2.45, 2.75) is 25.3 Å². The Kier molecular flexibility index (Phi) is 4.87. The fourth-order valence-corrected chi connectivity index (χ4v) is 2.83. The molecule has 0 aromatic carbocycles. The van der Waals surface area contributed by atoms with Crippen LogP contribution in [-0.2, 0) is 9.53 Å². The molecule has 2 fully saturated rings. The molecule has 0 aromatic rings. The minimum Gasteiger partial charge on any atom is -0.481 e. The van der Waals surface area contributed by atoms with Gasteiger partial charge in [-0.25, -0.2) is 9.59 Å². The number of carbonyl (C=O) groups excluding carboxylic acids is 2. The maximum Gasteiger partial charge on any atom is 0.407 e. The van der Waals surface area contributed by atoms with Gasteiger partial charge >= 0.3 is 18.1 Å². The van der Waals surface area contributed by atoms with E-state index in [2.05, 4.69) is 10.1 Å². The van der Waals surface area contributed by atoms with Crippen LogP contribution in [-0.4, -0.2) is 72.3 Å². The number of amides is 3. The number of piperidine rings is 1. The average Bonchev–Trinajstić information content (AvgIpc) is 2.94. The number of alkyl carbamates (subject to hydrolysis) is 1. The summed E-state index contributed by atoms with van der Waals surface area (Å²) >= 11 is 0. The molecule has 8 nitrogen and oxygen atoms in total. The van der Waals surface area contributed by atoms with Crippen molar-refractivity contribution in [1.82, 2.24) is 15.1 Å². The van der Waals surface area contributed by atoms with E-state index in [4.69, 9.17) is 5.11 Å². The van der Waals surface area contributed by atoms with Crippen LogP contribution in [0.5, 0.6) is 0 Å². The number of urea groups is 1. The van der Waals surface area contributed by atoms with E-state index in [1.165, 1.54) is 7.11 Å². The first-order chi connectivity index (χ1) is 10.0. The van der Waals surface area contributed by atoms with Gasteiger partial charge < -0.3 is 25.0 Å². The molecule has 21 heavy (non-hydrogen) atoms. The Morgan fingerprint density at radius 3 is 2.52 bits per heavy atom. The molecule has 3 amide bonds. The second kappa shape index (κ2) is 6.64. The number of carbonyl (C=O) groups is 3. The molecule has 118 valence electrons. The molecular weight excluding hydrogens is 278 g/mol. The minimum absolute atomic E-state index is 0.110. The van der Waals surface area contributed by atoms with Crippen molar-refractivity contribution >= 4 is 18.1 Å². The van der Waals surface area contributed by atoms with E-state index in [1.54, 1.807) is 9.80 Å². The van der Waals surface area contributed by atoms with Gasteiger partial charge in [0.15, 0.2) is 0 Å². The van der Waals surface area contributed by atoms with Crippen LogP contribution in [0.25, 0.3) is 0 Å². The zero-order valence-corrected chi connectivity index (χ0v) is 12.1. The van der Waals surface area contributed by atoms with E-state index in [-0.39, 0.29) is 18.6 Å². The molecular formula is C13H21N3O5. The number of nitrogens with one attached hydrogen (secondary N) is 1. The fraction of sp³-hybridized carbons (Fsp3) is 0.769. The van der Waals surface area contributed by atoms with E-state index < -0.39 is 18.0 Å². The van der Waals surface area contributed by atoms with Crippen LogP contribution in [0.2, 0.25) is 0 Å². The van der Waals surface area contributed by atoms with Gasteiger partial charge in [0.25, 0.3) is 0 Å². The molecule has 2 atom stereocenters. The third-order valence-corrected chi connectivity index (χ3v) is 4.01. The Morgan fingerprint density at radius 2 is 1.86 bits per heavy atom. The summed E-state index contributed by atoms with van der Waals surface area (Å²) < 4.78 is 4.54. The van der Waals surface area contributed by atoms with Crippen molar-refractivity contribution in [2.24, 2.45) is 5.92 Å². The molecule has 2 heterocycles. The number of carboxylic acids is 1. The summed E-state index contributed by atoms with van der Waals surface area (Å²) in [6.07, 6.45) is 1.50. The summed E-state index contributed by atoms with van der Waals surface area (Å²) in [5.74, 6) is -1.33. The number of aliphatic carboxylic acids is 1. The maximum atomic E-state index is 12.4. The number of hydrogen-bond donors (Lipinski definition) is 2. The van der Waals surface area contributed by atoms with E-state index in [9.17, 15) is 14.4 Å². The highest BCUT2D eigenvalue weighted by Gasteiger charge is 2.34. The van der Waals surface area contributed by atoms with Gasteiger partial charge in [0.2, 0.25) is 0 Å². The van der Waals surface area contributed by atoms with Gasteiger partial charge in [-0.2, -0.15) is 0 Å². The minimum atomic E-state index is -0.848. The van der Waals surface area contributed by atoms with Crippen molar-refractivity contribution in [2.75, 3.05) is 33.3 Å². The molecule has 0 bridgehead atoms. The summed E-state index contributed by atoms with van der Waals surface area (Å²) in [6.45, 7) is 1.85. The normalized spacial score (nSPS) is 25.6. The predicted molar refractivity (Wildman–Crippen MR) is 72.8 cm³/mol. The first kappa shape index (κ1) is 15.4. The molecule has 0 spiro atoms. The molecule has 0 saturated carbocycles. The predicted octanol–water partition coefficient (Wildman–Crippen LogP) is 0.333. The first-order valence-electron chi connectivity index (χ1n) is 7.12. The van der Waals surface area contributed by atoms with Gasteiger partial charge in [0.1, 0.15) is 0 Å². The van der Waals surface area contributed by atoms with Gasteiger partial charge in [-0.05, 0) is 19.3 Å². The van der Waals surface area contributed by atoms with E-state index in [0.29, 0.717) is 38.9 Å².